The SMILES string of the molecule is Cc1csc(N2CCCN(c3ccc4nnc(C)n4n3)CC2)n1. The molecular weight excluding hydrogens is 310 g/mol. The molecule has 0 N–H and O–H groups in total. The number of nitrogens with zero attached hydrogens (tertiary/aromatic N) is 7. The van der Waals surface area contributed by atoms with Crippen LogP contribution in [0, 0.1) is 13.8 Å². The zero-order valence-electron chi connectivity index (χ0n) is 13.3. The molecule has 0 aromatic carbocycles. The predicted octanol–water partition coefficient (Wildman–Crippen LogP) is 1.91. The molecule has 3 aromatic heterocycles. The smallest absolute Gasteiger partial charge is 0.185 e. The van der Waals surface area contributed by atoms with Crippen LogP contribution in [0.4, 0.5) is 10.9 Å². The molecule has 0 radical (unpaired) electrons. The minimum Gasteiger partial charge on any atom is -0.353 e. The summed E-state index contributed by atoms with van der Waals surface area (Å²) in [7, 11) is 0. The molecule has 4 rings (SSSR count). The number of hydrogen-bond donors (Lipinski definition) is 0. The minimum atomic E-state index is 0.793. The monoisotopic (exact) mass is 329 g/mol. The summed E-state index contributed by atoms with van der Waals surface area (Å²) in [5.41, 5.74) is 1.89. The van der Waals surface area contributed by atoms with Gasteiger partial charge in [0.25, 0.3) is 0 Å². The van der Waals surface area contributed by atoms with Crippen molar-refractivity contribution in [1.29, 1.82) is 0 Å². The first-order valence-electron chi connectivity index (χ1n) is 7.82. The lowest BCUT2D eigenvalue weighted by atomic mass is 10.3. The highest BCUT2D eigenvalue weighted by atomic mass is 32.1. The van der Waals surface area contributed by atoms with Crippen molar-refractivity contribution in [3.05, 3.63) is 29.0 Å². The Labute approximate surface area is 138 Å². The van der Waals surface area contributed by atoms with E-state index in [-0.39, 0.29) is 0 Å². The van der Waals surface area contributed by atoms with Crippen molar-refractivity contribution in [1.82, 2.24) is 24.8 Å². The third-order valence-corrected chi connectivity index (χ3v) is 5.12. The van der Waals surface area contributed by atoms with Gasteiger partial charge >= 0.3 is 0 Å². The average Bonchev–Trinajstić information content (AvgIpc) is 3.05. The molecule has 1 aliphatic rings. The fourth-order valence-electron chi connectivity index (χ4n) is 2.88. The topological polar surface area (TPSA) is 62.5 Å². The molecule has 3 aromatic rings. The van der Waals surface area contributed by atoms with E-state index < -0.39 is 0 Å². The van der Waals surface area contributed by atoms with Crippen molar-refractivity contribution < 1.29 is 0 Å². The average molecular weight is 329 g/mol. The van der Waals surface area contributed by atoms with Gasteiger partial charge in [0.2, 0.25) is 0 Å². The van der Waals surface area contributed by atoms with Crippen LogP contribution in [-0.2, 0) is 0 Å². The normalized spacial score (nSPS) is 16.1. The zero-order chi connectivity index (χ0) is 15.8. The second kappa shape index (κ2) is 5.77. The van der Waals surface area contributed by atoms with Crippen LogP contribution in [0.25, 0.3) is 5.65 Å². The van der Waals surface area contributed by atoms with Gasteiger partial charge in [-0.1, -0.05) is 0 Å². The Morgan fingerprint density at radius 2 is 1.83 bits per heavy atom. The van der Waals surface area contributed by atoms with E-state index in [1.807, 2.05) is 30.5 Å². The Balaban J connectivity index is 1.54. The van der Waals surface area contributed by atoms with Crippen molar-refractivity contribution in [2.45, 2.75) is 20.3 Å². The molecule has 0 unspecified atom stereocenters. The number of aromatic nitrogens is 5. The second-order valence-corrected chi connectivity index (χ2v) is 6.64. The summed E-state index contributed by atoms with van der Waals surface area (Å²) in [4.78, 5) is 9.32. The van der Waals surface area contributed by atoms with Crippen molar-refractivity contribution >= 4 is 27.9 Å². The van der Waals surface area contributed by atoms with Crippen LogP contribution in [0.2, 0.25) is 0 Å². The maximum atomic E-state index is 4.69. The van der Waals surface area contributed by atoms with Crippen LogP contribution < -0.4 is 9.80 Å². The summed E-state index contributed by atoms with van der Waals surface area (Å²) in [6, 6.07) is 4.02. The first kappa shape index (κ1) is 14.4. The van der Waals surface area contributed by atoms with E-state index in [9.17, 15) is 0 Å². The van der Waals surface area contributed by atoms with Crippen LogP contribution in [0.1, 0.15) is 17.9 Å². The standard InChI is InChI=1S/C15H19N7S/c1-11-10-23-15(16-11)21-7-3-6-20(8-9-21)14-5-4-13-18-17-12(2)22(13)19-14/h4-5,10H,3,6-9H2,1-2H3. The van der Waals surface area contributed by atoms with Gasteiger partial charge in [-0.2, -0.15) is 4.52 Å². The predicted molar refractivity (Wildman–Crippen MR) is 91.4 cm³/mol. The van der Waals surface area contributed by atoms with Crippen LogP contribution in [0.3, 0.4) is 0 Å². The molecular formula is C15H19N7S. The lowest BCUT2D eigenvalue weighted by Gasteiger charge is -2.22. The number of hydrogen-bond acceptors (Lipinski definition) is 7. The zero-order valence-corrected chi connectivity index (χ0v) is 14.1. The first-order chi connectivity index (χ1) is 11.2. The van der Waals surface area contributed by atoms with E-state index >= 15 is 0 Å². The Kier molecular flexibility index (Phi) is 3.60. The number of fused-ring (bicyclic) bond motifs is 1. The Morgan fingerprint density at radius 1 is 1.00 bits per heavy atom. The van der Waals surface area contributed by atoms with Crippen LogP contribution >= 0.6 is 11.3 Å². The van der Waals surface area contributed by atoms with E-state index in [0.29, 0.717) is 0 Å². The van der Waals surface area contributed by atoms with Gasteiger partial charge in [0, 0.05) is 31.6 Å². The fourth-order valence-corrected chi connectivity index (χ4v) is 3.74. The number of rotatable bonds is 2. The van der Waals surface area contributed by atoms with Crippen molar-refractivity contribution in [3.63, 3.8) is 0 Å². The third kappa shape index (κ3) is 2.74. The summed E-state index contributed by atoms with van der Waals surface area (Å²) >= 11 is 1.73. The van der Waals surface area contributed by atoms with Gasteiger partial charge < -0.3 is 9.80 Å². The molecule has 0 saturated carbocycles. The van der Waals surface area contributed by atoms with E-state index in [0.717, 1.165) is 60.7 Å². The van der Waals surface area contributed by atoms with E-state index in [1.54, 1.807) is 11.3 Å². The van der Waals surface area contributed by atoms with Gasteiger partial charge in [-0.25, -0.2) is 4.98 Å². The lowest BCUT2D eigenvalue weighted by molar-refractivity contribution is 0.769. The lowest BCUT2D eigenvalue weighted by Crippen LogP contribution is -2.31. The molecule has 4 heterocycles. The highest BCUT2D eigenvalue weighted by Gasteiger charge is 2.18. The molecule has 0 bridgehead atoms. The van der Waals surface area contributed by atoms with Gasteiger partial charge in [0.1, 0.15) is 5.82 Å². The van der Waals surface area contributed by atoms with E-state index in [4.69, 9.17) is 0 Å². The molecule has 0 atom stereocenters. The molecule has 120 valence electrons. The van der Waals surface area contributed by atoms with Gasteiger partial charge in [0.15, 0.2) is 16.6 Å². The molecule has 0 amide bonds. The molecule has 7 nitrogen and oxygen atoms in total. The summed E-state index contributed by atoms with van der Waals surface area (Å²) in [5, 5.41) is 16.1. The van der Waals surface area contributed by atoms with Crippen LogP contribution in [0.5, 0.6) is 0 Å². The molecule has 0 spiro atoms. The van der Waals surface area contributed by atoms with Crippen molar-refractivity contribution in [2.24, 2.45) is 0 Å². The first-order valence-corrected chi connectivity index (χ1v) is 8.70. The second-order valence-electron chi connectivity index (χ2n) is 5.81. The number of thiazole rings is 1. The number of anilines is 2. The summed E-state index contributed by atoms with van der Waals surface area (Å²) in [6.07, 6.45) is 1.10. The van der Waals surface area contributed by atoms with Crippen LogP contribution in [-0.4, -0.2) is 51.0 Å². The molecule has 23 heavy (non-hydrogen) atoms. The van der Waals surface area contributed by atoms with Gasteiger partial charge in [-0.05, 0) is 32.4 Å². The molecule has 8 heteroatoms. The highest BCUT2D eigenvalue weighted by molar-refractivity contribution is 7.13. The summed E-state index contributed by atoms with van der Waals surface area (Å²) in [6.45, 7) is 7.92. The molecule has 0 aliphatic carbocycles. The maximum absolute atomic E-state index is 4.69. The Hall–Kier alpha value is -2.22. The molecule has 1 aliphatic heterocycles. The largest absolute Gasteiger partial charge is 0.353 e. The van der Waals surface area contributed by atoms with Crippen LogP contribution in [0.15, 0.2) is 17.5 Å². The summed E-state index contributed by atoms with van der Waals surface area (Å²) in [5.74, 6) is 1.80. The third-order valence-electron chi connectivity index (χ3n) is 4.10. The quantitative estimate of drug-likeness (QED) is 0.716. The van der Waals surface area contributed by atoms with Gasteiger partial charge in [-0.3, -0.25) is 0 Å². The van der Waals surface area contributed by atoms with E-state index in [2.05, 4.69) is 35.5 Å². The molecule has 1 fully saturated rings. The molecule has 1 saturated heterocycles. The highest BCUT2D eigenvalue weighted by Crippen LogP contribution is 2.22. The van der Waals surface area contributed by atoms with Gasteiger partial charge in [0.05, 0.1) is 5.69 Å². The van der Waals surface area contributed by atoms with E-state index in [1.165, 1.54) is 0 Å². The van der Waals surface area contributed by atoms with Crippen molar-refractivity contribution in [3.8, 4) is 0 Å². The van der Waals surface area contributed by atoms with Gasteiger partial charge in [-0.15, -0.1) is 26.6 Å². The summed E-state index contributed by atoms with van der Waals surface area (Å²) < 4.78 is 1.81. The number of aryl methyl sites for hydroxylation is 2. The maximum Gasteiger partial charge on any atom is 0.185 e. The minimum absolute atomic E-state index is 0.793. The Bertz CT molecular complexity index is 824. The fraction of sp³-hybridized carbons (Fsp3) is 0.467. The Morgan fingerprint density at radius 3 is 2.65 bits per heavy atom. The van der Waals surface area contributed by atoms with Crippen molar-refractivity contribution in [2.75, 3.05) is 36.0 Å².